The first-order chi connectivity index (χ1) is 11.1. The monoisotopic (exact) mass is 315 g/mol. The van der Waals surface area contributed by atoms with Crippen LogP contribution in [0.2, 0.25) is 0 Å². The molecule has 1 N–H and O–H groups in total. The van der Waals surface area contributed by atoms with Crippen LogP contribution in [0.15, 0.2) is 36.4 Å². The van der Waals surface area contributed by atoms with Gasteiger partial charge in [0, 0.05) is 6.54 Å². The Labute approximate surface area is 138 Å². The van der Waals surface area contributed by atoms with Crippen LogP contribution < -0.4 is 19.5 Å². The first kappa shape index (κ1) is 17.2. The molecule has 124 valence electrons. The molecule has 0 aliphatic carbocycles. The second-order valence-corrected chi connectivity index (χ2v) is 5.48. The molecular formula is C19H25NO3. The van der Waals surface area contributed by atoms with Crippen LogP contribution in [0.4, 0.5) is 0 Å². The molecule has 0 fully saturated rings. The summed E-state index contributed by atoms with van der Waals surface area (Å²) in [6, 6.07) is 12.1. The van der Waals surface area contributed by atoms with Crippen molar-refractivity contribution in [2.45, 2.75) is 20.4 Å². The van der Waals surface area contributed by atoms with E-state index in [0.717, 1.165) is 34.9 Å². The lowest BCUT2D eigenvalue weighted by atomic mass is 10.1. The van der Waals surface area contributed by atoms with E-state index in [1.807, 2.05) is 38.2 Å². The van der Waals surface area contributed by atoms with E-state index in [9.17, 15) is 0 Å². The zero-order chi connectivity index (χ0) is 16.7. The van der Waals surface area contributed by atoms with E-state index in [4.69, 9.17) is 14.2 Å². The van der Waals surface area contributed by atoms with Crippen LogP contribution >= 0.6 is 0 Å². The van der Waals surface area contributed by atoms with E-state index in [0.29, 0.717) is 13.2 Å². The molecule has 0 aliphatic rings. The minimum atomic E-state index is 0.467. The molecule has 0 saturated carbocycles. The fraction of sp³-hybridized carbons (Fsp3) is 0.368. The molecule has 4 heteroatoms. The lowest BCUT2D eigenvalue weighted by molar-refractivity contribution is 0.210. The molecular weight excluding hydrogens is 290 g/mol. The maximum absolute atomic E-state index is 5.80. The van der Waals surface area contributed by atoms with Gasteiger partial charge in [0.2, 0.25) is 0 Å². The summed E-state index contributed by atoms with van der Waals surface area (Å²) in [5.41, 5.74) is 3.47. The largest absolute Gasteiger partial charge is 0.493 e. The molecule has 0 saturated heterocycles. The van der Waals surface area contributed by atoms with Gasteiger partial charge in [-0.2, -0.15) is 0 Å². The van der Waals surface area contributed by atoms with Crippen molar-refractivity contribution in [3.63, 3.8) is 0 Å². The molecule has 4 nitrogen and oxygen atoms in total. The Morgan fingerprint density at radius 3 is 2.30 bits per heavy atom. The lowest BCUT2D eigenvalue weighted by Crippen LogP contribution is -2.10. The van der Waals surface area contributed by atoms with Gasteiger partial charge in [-0.05, 0) is 55.8 Å². The number of benzene rings is 2. The number of hydrogen-bond acceptors (Lipinski definition) is 4. The van der Waals surface area contributed by atoms with Gasteiger partial charge < -0.3 is 19.5 Å². The quantitative estimate of drug-likeness (QED) is 0.757. The van der Waals surface area contributed by atoms with Crippen molar-refractivity contribution in [1.82, 2.24) is 5.32 Å². The maximum atomic E-state index is 5.80. The van der Waals surface area contributed by atoms with Gasteiger partial charge in [0.05, 0.1) is 7.11 Å². The number of ether oxygens (including phenoxy) is 3. The Kier molecular flexibility index (Phi) is 6.29. The van der Waals surface area contributed by atoms with E-state index >= 15 is 0 Å². The number of nitrogens with one attached hydrogen (secondary N) is 1. The molecule has 0 bridgehead atoms. The van der Waals surface area contributed by atoms with Crippen molar-refractivity contribution in [3.05, 3.63) is 53.1 Å². The van der Waals surface area contributed by atoms with Crippen LogP contribution in [0.5, 0.6) is 17.2 Å². The Hall–Kier alpha value is -2.20. The summed E-state index contributed by atoms with van der Waals surface area (Å²) in [6.07, 6.45) is 0. The van der Waals surface area contributed by atoms with E-state index < -0.39 is 0 Å². The first-order valence-electron chi connectivity index (χ1n) is 7.78. The van der Waals surface area contributed by atoms with Gasteiger partial charge in [-0.15, -0.1) is 0 Å². The Balaban J connectivity index is 1.89. The van der Waals surface area contributed by atoms with Crippen LogP contribution in [-0.2, 0) is 6.54 Å². The molecule has 2 rings (SSSR count). The number of methoxy groups -OCH3 is 1. The van der Waals surface area contributed by atoms with Crippen LogP contribution in [0.25, 0.3) is 0 Å². The van der Waals surface area contributed by atoms with Crippen molar-refractivity contribution in [2.24, 2.45) is 0 Å². The van der Waals surface area contributed by atoms with E-state index in [1.54, 1.807) is 7.11 Å². The summed E-state index contributed by atoms with van der Waals surface area (Å²) < 4.78 is 17.0. The minimum absolute atomic E-state index is 0.467. The standard InChI is InChI=1S/C19H25NO3/c1-14-5-6-15(2)18(11-14)23-10-9-22-17-8-7-16(13-20-3)12-19(17)21-4/h5-8,11-12,20H,9-10,13H2,1-4H3. The topological polar surface area (TPSA) is 39.7 Å². The summed E-state index contributed by atoms with van der Waals surface area (Å²) >= 11 is 0. The highest BCUT2D eigenvalue weighted by Gasteiger charge is 2.06. The van der Waals surface area contributed by atoms with E-state index in [-0.39, 0.29) is 0 Å². The molecule has 0 unspecified atom stereocenters. The average molecular weight is 315 g/mol. The van der Waals surface area contributed by atoms with Crippen molar-refractivity contribution in [2.75, 3.05) is 27.4 Å². The molecule has 0 spiro atoms. The third-order valence-electron chi connectivity index (χ3n) is 3.55. The van der Waals surface area contributed by atoms with Gasteiger partial charge in [0.1, 0.15) is 19.0 Å². The number of hydrogen-bond donors (Lipinski definition) is 1. The van der Waals surface area contributed by atoms with Crippen LogP contribution in [0.1, 0.15) is 16.7 Å². The molecule has 0 heterocycles. The smallest absolute Gasteiger partial charge is 0.161 e. The van der Waals surface area contributed by atoms with E-state index in [1.165, 1.54) is 5.56 Å². The number of rotatable bonds is 8. The second-order valence-electron chi connectivity index (χ2n) is 5.48. The van der Waals surface area contributed by atoms with Gasteiger partial charge in [-0.25, -0.2) is 0 Å². The normalized spacial score (nSPS) is 10.4. The highest BCUT2D eigenvalue weighted by molar-refractivity contribution is 5.43. The fourth-order valence-corrected chi connectivity index (χ4v) is 2.31. The minimum Gasteiger partial charge on any atom is -0.493 e. The van der Waals surface area contributed by atoms with Crippen molar-refractivity contribution in [3.8, 4) is 17.2 Å². The third kappa shape index (κ3) is 4.89. The van der Waals surface area contributed by atoms with Gasteiger partial charge in [0.15, 0.2) is 11.5 Å². The molecule has 0 aliphatic heterocycles. The summed E-state index contributed by atoms with van der Waals surface area (Å²) in [7, 11) is 3.57. The second kappa shape index (κ2) is 8.44. The Bertz CT molecular complexity index is 641. The zero-order valence-electron chi connectivity index (χ0n) is 14.3. The lowest BCUT2D eigenvalue weighted by Gasteiger charge is -2.13. The van der Waals surface area contributed by atoms with Crippen molar-refractivity contribution < 1.29 is 14.2 Å². The predicted octanol–water partition coefficient (Wildman–Crippen LogP) is 3.49. The molecule has 2 aromatic rings. The van der Waals surface area contributed by atoms with Crippen LogP contribution in [-0.4, -0.2) is 27.4 Å². The molecule has 23 heavy (non-hydrogen) atoms. The summed E-state index contributed by atoms with van der Waals surface area (Å²) in [5, 5.41) is 3.12. The van der Waals surface area contributed by atoms with Gasteiger partial charge in [-0.1, -0.05) is 18.2 Å². The maximum Gasteiger partial charge on any atom is 0.161 e. The van der Waals surface area contributed by atoms with Crippen molar-refractivity contribution >= 4 is 0 Å². The Morgan fingerprint density at radius 2 is 1.61 bits per heavy atom. The summed E-state index contributed by atoms with van der Waals surface area (Å²) in [5.74, 6) is 2.38. The third-order valence-corrected chi connectivity index (χ3v) is 3.55. The number of aryl methyl sites for hydroxylation is 2. The molecule has 2 aromatic carbocycles. The fourth-order valence-electron chi connectivity index (χ4n) is 2.31. The molecule has 0 radical (unpaired) electrons. The summed E-state index contributed by atoms with van der Waals surface area (Å²) in [6.45, 7) is 5.85. The summed E-state index contributed by atoms with van der Waals surface area (Å²) in [4.78, 5) is 0. The average Bonchev–Trinajstić information content (AvgIpc) is 2.55. The Morgan fingerprint density at radius 1 is 0.870 bits per heavy atom. The first-order valence-corrected chi connectivity index (χ1v) is 7.78. The highest BCUT2D eigenvalue weighted by atomic mass is 16.5. The predicted molar refractivity (Wildman–Crippen MR) is 92.7 cm³/mol. The SMILES string of the molecule is CNCc1ccc(OCCOc2cc(C)ccc2C)c(OC)c1. The van der Waals surface area contributed by atoms with Crippen molar-refractivity contribution in [1.29, 1.82) is 0 Å². The van der Waals surface area contributed by atoms with Crippen LogP contribution in [0, 0.1) is 13.8 Å². The van der Waals surface area contributed by atoms with Gasteiger partial charge >= 0.3 is 0 Å². The molecule has 0 atom stereocenters. The molecule has 0 amide bonds. The zero-order valence-corrected chi connectivity index (χ0v) is 14.3. The highest BCUT2D eigenvalue weighted by Crippen LogP contribution is 2.28. The van der Waals surface area contributed by atoms with Gasteiger partial charge in [0.25, 0.3) is 0 Å². The molecule has 0 aromatic heterocycles. The van der Waals surface area contributed by atoms with E-state index in [2.05, 4.69) is 24.4 Å². The van der Waals surface area contributed by atoms with Gasteiger partial charge in [-0.3, -0.25) is 0 Å². The van der Waals surface area contributed by atoms with Crippen LogP contribution in [0.3, 0.4) is 0 Å².